The quantitative estimate of drug-likeness (QED) is 0.591. The summed E-state index contributed by atoms with van der Waals surface area (Å²) in [6.07, 6.45) is 8.27. The van der Waals surface area contributed by atoms with Gasteiger partial charge in [-0.1, -0.05) is 6.42 Å². The highest BCUT2D eigenvalue weighted by Gasteiger charge is 2.29. The molecule has 68 valence electrons. The zero-order chi connectivity index (χ0) is 8.39. The molecule has 0 heterocycles. The van der Waals surface area contributed by atoms with Crippen molar-refractivity contribution in [3.8, 4) is 0 Å². The molecule has 2 heteroatoms. The minimum atomic E-state index is 0.0770. The number of hydrogen-bond acceptors (Lipinski definition) is 2. The van der Waals surface area contributed by atoms with E-state index < -0.39 is 0 Å². The lowest BCUT2D eigenvalue weighted by molar-refractivity contribution is -0.156. The topological polar surface area (TPSA) is 26.3 Å². The summed E-state index contributed by atoms with van der Waals surface area (Å²) < 4.78 is 5.38. The summed E-state index contributed by atoms with van der Waals surface area (Å²) in [6, 6.07) is 0. The second kappa shape index (κ2) is 3.46. The van der Waals surface area contributed by atoms with Crippen molar-refractivity contribution in [3.63, 3.8) is 0 Å². The van der Waals surface area contributed by atoms with Gasteiger partial charge >= 0.3 is 5.97 Å². The third-order valence-electron chi connectivity index (χ3n) is 3.02. The molecular formula is C10H16O2. The number of ether oxygens (including phenoxy) is 1. The Kier molecular flexibility index (Phi) is 2.33. The Hall–Kier alpha value is -0.530. The summed E-state index contributed by atoms with van der Waals surface area (Å²) in [4.78, 5) is 11.4. The molecule has 2 aliphatic carbocycles. The van der Waals surface area contributed by atoms with Crippen LogP contribution >= 0.6 is 0 Å². The molecule has 0 unspecified atom stereocenters. The Morgan fingerprint density at radius 3 is 2.17 bits per heavy atom. The van der Waals surface area contributed by atoms with E-state index in [0.717, 1.165) is 25.7 Å². The van der Waals surface area contributed by atoms with E-state index in [9.17, 15) is 4.79 Å². The maximum atomic E-state index is 11.4. The molecule has 0 spiro atoms. The van der Waals surface area contributed by atoms with Crippen molar-refractivity contribution in [2.45, 2.75) is 51.0 Å². The van der Waals surface area contributed by atoms with Crippen molar-refractivity contribution in [1.82, 2.24) is 0 Å². The minimum absolute atomic E-state index is 0.0770. The molecule has 0 aromatic rings. The normalized spacial score (nSPS) is 25.3. The van der Waals surface area contributed by atoms with Crippen molar-refractivity contribution in [3.05, 3.63) is 0 Å². The average molecular weight is 168 g/mol. The Morgan fingerprint density at radius 2 is 1.67 bits per heavy atom. The van der Waals surface area contributed by atoms with Crippen LogP contribution in [0.15, 0.2) is 0 Å². The second-order valence-electron chi connectivity index (χ2n) is 3.97. The first-order valence-corrected chi connectivity index (χ1v) is 5.07. The summed E-state index contributed by atoms with van der Waals surface area (Å²) in [5.41, 5.74) is 0. The Bertz CT molecular complexity index is 167. The zero-order valence-corrected chi connectivity index (χ0v) is 7.42. The molecule has 0 aromatic carbocycles. The summed E-state index contributed by atoms with van der Waals surface area (Å²) in [5, 5.41) is 0. The summed E-state index contributed by atoms with van der Waals surface area (Å²) in [7, 11) is 0. The van der Waals surface area contributed by atoms with Gasteiger partial charge in [0.2, 0.25) is 0 Å². The first-order chi connectivity index (χ1) is 5.86. The summed E-state index contributed by atoms with van der Waals surface area (Å²) >= 11 is 0. The van der Waals surface area contributed by atoms with Gasteiger partial charge in [-0.2, -0.15) is 0 Å². The second-order valence-corrected chi connectivity index (χ2v) is 3.97. The van der Waals surface area contributed by atoms with Crippen LogP contribution in [-0.2, 0) is 9.53 Å². The molecule has 0 saturated heterocycles. The van der Waals surface area contributed by atoms with Crippen LogP contribution in [0, 0.1) is 5.92 Å². The van der Waals surface area contributed by atoms with Gasteiger partial charge in [0.25, 0.3) is 0 Å². The van der Waals surface area contributed by atoms with E-state index in [1.54, 1.807) is 0 Å². The molecule has 2 saturated carbocycles. The lowest BCUT2D eigenvalue weighted by Crippen LogP contribution is -2.27. The highest BCUT2D eigenvalue weighted by Crippen LogP contribution is 2.30. The highest BCUT2D eigenvalue weighted by atomic mass is 16.5. The third-order valence-corrected chi connectivity index (χ3v) is 3.02. The molecule has 2 nitrogen and oxygen atoms in total. The number of carbonyl (C=O) groups is 1. The summed E-state index contributed by atoms with van der Waals surface area (Å²) in [6.45, 7) is 0. The smallest absolute Gasteiger partial charge is 0.309 e. The van der Waals surface area contributed by atoms with Crippen molar-refractivity contribution >= 4 is 5.97 Å². The van der Waals surface area contributed by atoms with Gasteiger partial charge in [0.15, 0.2) is 0 Å². The van der Waals surface area contributed by atoms with Crippen molar-refractivity contribution in [2.24, 2.45) is 5.92 Å². The lowest BCUT2D eigenvalue weighted by atomic mass is 9.86. The van der Waals surface area contributed by atoms with Gasteiger partial charge in [0.1, 0.15) is 6.10 Å². The van der Waals surface area contributed by atoms with Crippen LogP contribution in [0.5, 0.6) is 0 Å². The monoisotopic (exact) mass is 168 g/mol. The van der Waals surface area contributed by atoms with E-state index in [1.165, 1.54) is 19.3 Å². The average Bonchev–Trinajstić information content (AvgIpc) is 2.34. The van der Waals surface area contributed by atoms with Crippen LogP contribution in [0.3, 0.4) is 0 Å². The molecule has 2 aliphatic rings. The molecular weight excluding hydrogens is 152 g/mol. The van der Waals surface area contributed by atoms with Crippen LogP contribution in [0.2, 0.25) is 0 Å². The maximum absolute atomic E-state index is 11.4. The molecule has 0 N–H and O–H groups in total. The molecule has 0 aromatic heterocycles. The summed E-state index contributed by atoms with van der Waals surface area (Å²) in [5.74, 6) is 0.332. The Labute approximate surface area is 73.3 Å². The van der Waals surface area contributed by atoms with Gasteiger partial charge in [-0.15, -0.1) is 0 Å². The molecule has 0 bridgehead atoms. The first kappa shape index (κ1) is 8.09. The van der Waals surface area contributed by atoms with Crippen molar-refractivity contribution in [1.29, 1.82) is 0 Å². The number of hydrogen-bond donors (Lipinski definition) is 0. The zero-order valence-electron chi connectivity index (χ0n) is 7.42. The van der Waals surface area contributed by atoms with Crippen LogP contribution in [-0.4, -0.2) is 12.1 Å². The molecule has 2 rings (SSSR count). The van der Waals surface area contributed by atoms with E-state index >= 15 is 0 Å². The fourth-order valence-corrected chi connectivity index (χ4v) is 1.91. The van der Waals surface area contributed by atoms with Gasteiger partial charge in [-0.3, -0.25) is 4.79 Å². The van der Waals surface area contributed by atoms with Gasteiger partial charge in [-0.05, 0) is 38.5 Å². The van der Waals surface area contributed by atoms with E-state index in [-0.39, 0.29) is 18.0 Å². The molecule has 2 fully saturated rings. The van der Waals surface area contributed by atoms with Crippen molar-refractivity contribution in [2.75, 3.05) is 0 Å². The van der Waals surface area contributed by atoms with Crippen LogP contribution in [0.1, 0.15) is 44.9 Å². The molecule has 12 heavy (non-hydrogen) atoms. The highest BCUT2D eigenvalue weighted by molar-refractivity contribution is 5.73. The van der Waals surface area contributed by atoms with Crippen LogP contribution in [0.4, 0.5) is 0 Å². The van der Waals surface area contributed by atoms with E-state index in [0.29, 0.717) is 0 Å². The van der Waals surface area contributed by atoms with E-state index in [4.69, 9.17) is 4.74 Å². The molecule has 0 amide bonds. The lowest BCUT2D eigenvalue weighted by Gasteiger charge is -2.24. The van der Waals surface area contributed by atoms with Gasteiger partial charge in [0.05, 0.1) is 5.92 Å². The SMILES string of the molecule is O=C(OC1CCCC1)C1CCC1. The Morgan fingerprint density at radius 1 is 1.00 bits per heavy atom. The van der Waals surface area contributed by atoms with Crippen molar-refractivity contribution < 1.29 is 9.53 Å². The minimum Gasteiger partial charge on any atom is -0.462 e. The number of carbonyl (C=O) groups excluding carboxylic acids is 1. The van der Waals surface area contributed by atoms with E-state index in [1.807, 2.05) is 0 Å². The third kappa shape index (κ3) is 1.62. The number of rotatable bonds is 2. The fraction of sp³-hybridized carbons (Fsp3) is 0.900. The first-order valence-electron chi connectivity index (χ1n) is 5.07. The largest absolute Gasteiger partial charge is 0.462 e. The van der Waals surface area contributed by atoms with Gasteiger partial charge < -0.3 is 4.74 Å². The molecule has 0 atom stereocenters. The predicted octanol–water partition coefficient (Wildman–Crippen LogP) is 2.27. The Balaban J connectivity index is 1.73. The molecule has 0 radical (unpaired) electrons. The number of esters is 1. The van der Waals surface area contributed by atoms with E-state index in [2.05, 4.69) is 0 Å². The molecule has 0 aliphatic heterocycles. The van der Waals surface area contributed by atoms with Crippen LogP contribution in [0.25, 0.3) is 0 Å². The van der Waals surface area contributed by atoms with Gasteiger partial charge in [-0.25, -0.2) is 0 Å². The van der Waals surface area contributed by atoms with Crippen LogP contribution < -0.4 is 0 Å². The standard InChI is InChI=1S/C10H16O2/c11-10(8-4-3-5-8)12-9-6-1-2-7-9/h8-9H,1-7H2. The predicted molar refractivity (Wildman–Crippen MR) is 45.7 cm³/mol. The maximum Gasteiger partial charge on any atom is 0.309 e. The van der Waals surface area contributed by atoms with Gasteiger partial charge in [0, 0.05) is 0 Å². The fourth-order valence-electron chi connectivity index (χ4n) is 1.91.